The second-order valence-corrected chi connectivity index (χ2v) is 6.74. The van der Waals surface area contributed by atoms with Gasteiger partial charge in [-0.1, -0.05) is 23.7 Å². The summed E-state index contributed by atoms with van der Waals surface area (Å²) in [5.41, 5.74) is 0.760. The van der Waals surface area contributed by atoms with Crippen molar-refractivity contribution in [3.63, 3.8) is 0 Å². The first kappa shape index (κ1) is 16.0. The number of nitrogens with zero attached hydrogens (tertiary/aromatic N) is 2. The molecule has 0 bridgehead atoms. The molecule has 25 heavy (non-hydrogen) atoms. The van der Waals surface area contributed by atoms with Crippen LogP contribution in [0.3, 0.4) is 0 Å². The van der Waals surface area contributed by atoms with Crippen molar-refractivity contribution in [3.05, 3.63) is 59.4 Å². The molecule has 1 amide bonds. The highest BCUT2D eigenvalue weighted by Crippen LogP contribution is 2.40. The van der Waals surface area contributed by atoms with Crippen LogP contribution >= 0.6 is 11.6 Å². The molecule has 1 aliphatic rings. The Balaban J connectivity index is 1.53. The van der Waals surface area contributed by atoms with Gasteiger partial charge in [0.05, 0.1) is 17.3 Å². The topological polar surface area (TPSA) is 60.1 Å². The van der Waals surface area contributed by atoms with E-state index in [1.165, 1.54) is 12.8 Å². The molecule has 1 atom stereocenters. The van der Waals surface area contributed by atoms with Crippen molar-refractivity contribution in [2.75, 3.05) is 5.32 Å². The van der Waals surface area contributed by atoms with Crippen molar-refractivity contribution in [3.8, 4) is 11.3 Å². The van der Waals surface area contributed by atoms with E-state index in [9.17, 15) is 4.79 Å². The molecule has 0 spiro atoms. The summed E-state index contributed by atoms with van der Waals surface area (Å²) < 4.78 is 7.56. The zero-order valence-electron chi connectivity index (χ0n) is 13.8. The summed E-state index contributed by atoms with van der Waals surface area (Å²) in [6, 6.07) is 12.9. The number of benzene rings is 1. The number of hydrogen-bond donors (Lipinski definition) is 1. The van der Waals surface area contributed by atoms with Crippen LogP contribution in [0.25, 0.3) is 11.3 Å². The van der Waals surface area contributed by atoms with Crippen LogP contribution in [0.4, 0.5) is 5.82 Å². The fourth-order valence-corrected chi connectivity index (χ4v) is 3.19. The van der Waals surface area contributed by atoms with E-state index in [-0.39, 0.29) is 17.7 Å². The van der Waals surface area contributed by atoms with E-state index in [1.807, 2.05) is 22.9 Å². The van der Waals surface area contributed by atoms with Gasteiger partial charge in [-0.05, 0) is 49.9 Å². The van der Waals surface area contributed by atoms with Gasteiger partial charge in [-0.15, -0.1) is 0 Å². The Bertz CT molecular complexity index is 911. The minimum Gasteiger partial charge on any atom is -0.451 e. The standard InChI is InChI=1S/C19H18ClN3O2/c1-12(13-6-7-13)23-18(10-11-21-23)22-19(24)17-9-8-16(25-17)14-4-2-3-5-15(14)20/h2-5,8-13H,6-7H2,1H3,(H,22,24). The summed E-state index contributed by atoms with van der Waals surface area (Å²) in [5, 5.41) is 7.81. The summed E-state index contributed by atoms with van der Waals surface area (Å²) in [5.74, 6) is 1.83. The second-order valence-electron chi connectivity index (χ2n) is 6.34. The van der Waals surface area contributed by atoms with Crippen LogP contribution in [0.1, 0.15) is 36.4 Å². The van der Waals surface area contributed by atoms with Crippen LogP contribution in [-0.4, -0.2) is 15.7 Å². The Morgan fingerprint density at radius 3 is 2.84 bits per heavy atom. The predicted molar refractivity (Wildman–Crippen MR) is 96.8 cm³/mol. The van der Waals surface area contributed by atoms with Gasteiger partial charge in [0.15, 0.2) is 5.76 Å². The zero-order chi connectivity index (χ0) is 17.4. The van der Waals surface area contributed by atoms with Crippen molar-refractivity contribution < 1.29 is 9.21 Å². The third-order valence-electron chi connectivity index (χ3n) is 4.57. The van der Waals surface area contributed by atoms with E-state index in [1.54, 1.807) is 30.5 Å². The third-order valence-corrected chi connectivity index (χ3v) is 4.90. The van der Waals surface area contributed by atoms with E-state index >= 15 is 0 Å². The summed E-state index contributed by atoms with van der Waals surface area (Å²) in [7, 11) is 0. The monoisotopic (exact) mass is 355 g/mol. The van der Waals surface area contributed by atoms with Crippen molar-refractivity contribution in [2.24, 2.45) is 5.92 Å². The Labute approximate surface area is 150 Å². The maximum Gasteiger partial charge on any atom is 0.292 e. The fourth-order valence-electron chi connectivity index (χ4n) is 2.96. The Hall–Kier alpha value is -2.53. The number of hydrogen-bond acceptors (Lipinski definition) is 3. The van der Waals surface area contributed by atoms with Crippen molar-refractivity contribution in [2.45, 2.75) is 25.8 Å². The number of carbonyl (C=O) groups excluding carboxylic acids is 1. The van der Waals surface area contributed by atoms with Gasteiger partial charge >= 0.3 is 0 Å². The summed E-state index contributed by atoms with van der Waals surface area (Å²) in [4.78, 5) is 12.5. The summed E-state index contributed by atoms with van der Waals surface area (Å²) in [6.07, 6.45) is 4.13. The quantitative estimate of drug-likeness (QED) is 0.699. The van der Waals surface area contributed by atoms with Gasteiger partial charge in [-0.3, -0.25) is 4.79 Å². The molecule has 0 saturated heterocycles. The smallest absolute Gasteiger partial charge is 0.292 e. The van der Waals surface area contributed by atoms with Gasteiger partial charge in [-0.2, -0.15) is 5.10 Å². The molecule has 3 aromatic rings. The van der Waals surface area contributed by atoms with Crippen LogP contribution in [0.5, 0.6) is 0 Å². The largest absolute Gasteiger partial charge is 0.451 e. The Morgan fingerprint density at radius 1 is 1.28 bits per heavy atom. The van der Waals surface area contributed by atoms with Crippen molar-refractivity contribution in [1.29, 1.82) is 0 Å². The van der Waals surface area contributed by atoms with Gasteiger partial charge < -0.3 is 9.73 Å². The summed E-state index contributed by atoms with van der Waals surface area (Å²) in [6.45, 7) is 2.13. The molecule has 2 aromatic heterocycles. The van der Waals surface area contributed by atoms with Gasteiger partial charge in [0.25, 0.3) is 5.91 Å². The molecule has 0 radical (unpaired) electrons. The van der Waals surface area contributed by atoms with Crippen molar-refractivity contribution in [1.82, 2.24) is 9.78 Å². The number of halogens is 1. The maximum absolute atomic E-state index is 12.5. The van der Waals surface area contributed by atoms with Gasteiger partial charge in [0.1, 0.15) is 11.6 Å². The fraction of sp³-hybridized carbons (Fsp3) is 0.263. The average Bonchev–Trinajstić information content (AvgIpc) is 3.16. The molecule has 1 fully saturated rings. The van der Waals surface area contributed by atoms with Gasteiger partial charge in [-0.25, -0.2) is 4.68 Å². The highest BCUT2D eigenvalue weighted by molar-refractivity contribution is 6.33. The number of nitrogens with one attached hydrogen (secondary N) is 1. The molecule has 1 saturated carbocycles. The van der Waals surface area contributed by atoms with Crippen LogP contribution < -0.4 is 5.32 Å². The molecule has 4 rings (SSSR count). The molecule has 6 heteroatoms. The normalized spacial score (nSPS) is 15.1. The first-order chi connectivity index (χ1) is 12.1. The lowest BCUT2D eigenvalue weighted by Gasteiger charge is -2.14. The number of furan rings is 1. The zero-order valence-corrected chi connectivity index (χ0v) is 14.5. The number of anilines is 1. The SMILES string of the molecule is CC(C1CC1)n1nccc1NC(=O)c1ccc(-c2ccccc2Cl)o1. The molecule has 128 valence electrons. The molecule has 1 aliphatic carbocycles. The highest BCUT2D eigenvalue weighted by Gasteiger charge is 2.31. The molecular weight excluding hydrogens is 338 g/mol. The number of aromatic nitrogens is 2. The second kappa shape index (κ2) is 6.41. The lowest BCUT2D eigenvalue weighted by Crippen LogP contribution is -2.18. The van der Waals surface area contributed by atoms with E-state index < -0.39 is 0 Å². The van der Waals surface area contributed by atoms with Crippen LogP contribution in [0, 0.1) is 5.92 Å². The lowest BCUT2D eigenvalue weighted by atomic mass is 10.2. The molecule has 1 N–H and O–H groups in total. The molecule has 0 aliphatic heterocycles. The van der Waals surface area contributed by atoms with E-state index in [2.05, 4.69) is 17.3 Å². The minimum absolute atomic E-state index is 0.238. The molecule has 5 nitrogen and oxygen atoms in total. The van der Waals surface area contributed by atoms with Crippen LogP contribution in [0.15, 0.2) is 53.1 Å². The Kier molecular flexibility index (Phi) is 4.09. The number of amides is 1. The molecule has 2 heterocycles. The minimum atomic E-state index is -0.303. The number of rotatable bonds is 5. The average molecular weight is 356 g/mol. The van der Waals surface area contributed by atoms with Crippen molar-refractivity contribution >= 4 is 23.3 Å². The van der Waals surface area contributed by atoms with Gasteiger partial charge in [0, 0.05) is 11.6 Å². The molecular formula is C19H18ClN3O2. The van der Waals surface area contributed by atoms with Crippen LogP contribution in [-0.2, 0) is 0 Å². The first-order valence-corrected chi connectivity index (χ1v) is 8.71. The Morgan fingerprint density at radius 2 is 2.08 bits per heavy atom. The molecule has 1 aromatic carbocycles. The van der Waals surface area contributed by atoms with Crippen LogP contribution in [0.2, 0.25) is 5.02 Å². The molecule has 1 unspecified atom stereocenters. The van der Waals surface area contributed by atoms with E-state index in [0.29, 0.717) is 22.5 Å². The lowest BCUT2D eigenvalue weighted by molar-refractivity contribution is 0.0996. The highest BCUT2D eigenvalue weighted by atomic mass is 35.5. The van der Waals surface area contributed by atoms with Gasteiger partial charge in [0.2, 0.25) is 0 Å². The first-order valence-electron chi connectivity index (χ1n) is 8.33. The summed E-state index contributed by atoms with van der Waals surface area (Å²) >= 11 is 6.18. The van der Waals surface area contributed by atoms with E-state index in [4.69, 9.17) is 16.0 Å². The number of carbonyl (C=O) groups is 1. The maximum atomic E-state index is 12.5. The third kappa shape index (κ3) is 3.20. The predicted octanol–water partition coefficient (Wildman–Crippen LogP) is 5.02. The van der Waals surface area contributed by atoms with E-state index in [0.717, 1.165) is 5.56 Å².